The fraction of sp³-hybridized carbons (Fsp3) is 0.440. The molecule has 160 valence electrons. The minimum Gasteiger partial charge on any atom is -0.452 e. The molecule has 30 heavy (non-hydrogen) atoms. The zero-order chi connectivity index (χ0) is 21.1. The van der Waals surface area contributed by atoms with Crippen LogP contribution in [0.5, 0.6) is 0 Å². The largest absolute Gasteiger partial charge is 0.452 e. The van der Waals surface area contributed by atoms with Crippen LogP contribution >= 0.6 is 15.9 Å². The van der Waals surface area contributed by atoms with Crippen molar-refractivity contribution < 1.29 is 14.3 Å². The first-order valence-corrected chi connectivity index (χ1v) is 11.5. The predicted molar refractivity (Wildman–Crippen MR) is 124 cm³/mol. The molecule has 2 N–H and O–H groups in total. The monoisotopic (exact) mass is 471 g/mol. The maximum atomic E-state index is 10.5. The van der Waals surface area contributed by atoms with Crippen molar-refractivity contribution in [3.8, 4) is 0 Å². The van der Waals surface area contributed by atoms with Crippen molar-refractivity contribution in [3.05, 3.63) is 70.6 Å². The van der Waals surface area contributed by atoms with Gasteiger partial charge in [-0.1, -0.05) is 42.5 Å². The molecule has 1 aliphatic carbocycles. The third-order valence-electron chi connectivity index (χ3n) is 5.67. The van der Waals surface area contributed by atoms with Gasteiger partial charge >= 0.3 is 0 Å². The van der Waals surface area contributed by atoms with Crippen molar-refractivity contribution in [2.75, 3.05) is 13.2 Å². The van der Waals surface area contributed by atoms with Gasteiger partial charge in [0, 0.05) is 12.1 Å². The number of aliphatic hydroxyl groups excluding tert-OH is 1. The lowest BCUT2D eigenvalue weighted by Crippen LogP contribution is -2.46. The fourth-order valence-corrected chi connectivity index (χ4v) is 4.24. The molecule has 1 saturated carbocycles. The molecule has 1 fully saturated rings. The Morgan fingerprint density at radius 3 is 2.60 bits per heavy atom. The van der Waals surface area contributed by atoms with Crippen LogP contribution in [-0.2, 0) is 11.2 Å². The summed E-state index contributed by atoms with van der Waals surface area (Å²) < 4.78 is 12.5. The molecule has 1 heterocycles. The Labute approximate surface area is 186 Å². The molecule has 4 rings (SSSR count). The Morgan fingerprint density at radius 2 is 1.90 bits per heavy atom. The normalized spacial score (nSPS) is 16.7. The molecular formula is C25H30BrNO3. The second kappa shape index (κ2) is 9.23. The van der Waals surface area contributed by atoms with Crippen LogP contribution in [0.3, 0.4) is 0 Å². The van der Waals surface area contributed by atoms with Gasteiger partial charge in [-0.2, -0.15) is 0 Å². The molecule has 4 nitrogen and oxygen atoms in total. The van der Waals surface area contributed by atoms with Gasteiger partial charge in [0.15, 0.2) is 4.67 Å². The zero-order valence-corrected chi connectivity index (χ0v) is 19.2. The highest BCUT2D eigenvalue weighted by Gasteiger charge is 2.35. The van der Waals surface area contributed by atoms with Crippen LogP contribution in [0.4, 0.5) is 0 Å². The fourth-order valence-electron chi connectivity index (χ4n) is 3.92. The molecule has 0 amide bonds. The number of furan rings is 1. The van der Waals surface area contributed by atoms with Gasteiger partial charge < -0.3 is 19.6 Å². The maximum Gasteiger partial charge on any atom is 0.169 e. The summed E-state index contributed by atoms with van der Waals surface area (Å²) in [6.07, 6.45) is 2.54. The second-order valence-corrected chi connectivity index (χ2v) is 9.79. The number of hydrogen-bond donors (Lipinski definition) is 2. The summed E-state index contributed by atoms with van der Waals surface area (Å²) in [5.74, 6) is 1.33. The molecular weight excluding hydrogens is 442 g/mol. The molecule has 2 atom stereocenters. The number of benzene rings is 2. The first-order chi connectivity index (χ1) is 14.4. The Balaban J connectivity index is 1.28. The number of aliphatic hydroxyl groups is 1. The topological polar surface area (TPSA) is 54.6 Å². The first kappa shape index (κ1) is 21.6. The number of ether oxygens (including phenoxy) is 1. The van der Waals surface area contributed by atoms with Crippen LogP contribution < -0.4 is 5.32 Å². The van der Waals surface area contributed by atoms with Crippen molar-refractivity contribution >= 4 is 26.7 Å². The summed E-state index contributed by atoms with van der Waals surface area (Å²) in [6.45, 7) is 5.12. The van der Waals surface area contributed by atoms with E-state index in [1.54, 1.807) is 0 Å². The summed E-state index contributed by atoms with van der Waals surface area (Å²) in [6, 6.07) is 18.9. The van der Waals surface area contributed by atoms with Crippen LogP contribution in [0.15, 0.2) is 63.7 Å². The van der Waals surface area contributed by atoms with E-state index in [0.717, 1.165) is 25.0 Å². The molecule has 0 saturated heterocycles. The molecule has 5 heteroatoms. The highest BCUT2D eigenvalue weighted by atomic mass is 79.9. The van der Waals surface area contributed by atoms with Crippen molar-refractivity contribution in [1.82, 2.24) is 5.32 Å². The number of hydrogen-bond acceptors (Lipinski definition) is 4. The van der Waals surface area contributed by atoms with Gasteiger partial charge in [-0.15, -0.1) is 0 Å². The van der Waals surface area contributed by atoms with Gasteiger partial charge in [0.1, 0.15) is 11.9 Å². The van der Waals surface area contributed by atoms with Gasteiger partial charge in [0.25, 0.3) is 0 Å². The number of nitrogens with one attached hydrogen (secondary N) is 1. The molecule has 1 aliphatic rings. The quantitative estimate of drug-likeness (QED) is 0.401. The molecule has 0 spiro atoms. The second-order valence-electron chi connectivity index (χ2n) is 9.01. The Hall–Kier alpha value is -1.66. The number of fused-ring (bicyclic) bond motifs is 1. The van der Waals surface area contributed by atoms with Crippen molar-refractivity contribution in [2.24, 2.45) is 5.92 Å². The van der Waals surface area contributed by atoms with E-state index in [1.165, 1.54) is 16.3 Å². The molecule has 1 aromatic heterocycles. The smallest absolute Gasteiger partial charge is 0.169 e. The molecule has 0 radical (unpaired) electrons. The third kappa shape index (κ3) is 5.73. The minimum atomic E-state index is -0.569. The average Bonchev–Trinajstić information content (AvgIpc) is 3.47. The molecule has 0 bridgehead atoms. The average molecular weight is 472 g/mol. The summed E-state index contributed by atoms with van der Waals surface area (Å²) in [5.41, 5.74) is 1.15. The van der Waals surface area contributed by atoms with E-state index in [0.29, 0.717) is 23.7 Å². The Morgan fingerprint density at radius 1 is 1.13 bits per heavy atom. The molecule has 2 aromatic carbocycles. The van der Waals surface area contributed by atoms with Crippen LogP contribution in [0, 0.1) is 5.92 Å². The van der Waals surface area contributed by atoms with Crippen LogP contribution in [0.25, 0.3) is 10.8 Å². The highest BCUT2D eigenvalue weighted by Crippen LogP contribution is 2.44. The van der Waals surface area contributed by atoms with E-state index in [-0.39, 0.29) is 11.6 Å². The zero-order valence-electron chi connectivity index (χ0n) is 17.6. The van der Waals surface area contributed by atoms with E-state index >= 15 is 0 Å². The van der Waals surface area contributed by atoms with Gasteiger partial charge in [0.05, 0.1) is 12.7 Å². The lowest BCUT2D eigenvalue weighted by atomic mass is 9.93. The molecule has 2 unspecified atom stereocenters. The number of β-amino-alcohol motifs (C(OH)–C–C–N with tert-alkyl or cyclic N) is 1. The summed E-state index contributed by atoms with van der Waals surface area (Å²) in [5, 5.41) is 16.5. The minimum absolute atomic E-state index is 0.0726. The lowest BCUT2D eigenvalue weighted by Gasteiger charge is -2.28. The summed E-state index contributed by atoms with van der Waals surface area (Å²) in [7, 11) is 0. The van der Waals surface area contributed by atoms with Gasteiger partial charge in [-0.25, -0.2) is 0 Å². The molecule has 0 aliphatic heterocycles. The first-order valence-electron chi connectivity index (χ1n) is 10.7. The van der Waals surface area contributed by atoms with Crippen LogP contribution in [0.1, 0.15) is 44.1 Å². The van der Waals surface area contributed by atoms with Crippen molar-refractivity contribution in [2.45, 2.75) is 50.9 Å². The van der Waals surface area contributed by atoms with E-state index in [9.17, 15) is 5.11 Å². The van der Waals surface area contributed by atoms with Gasteiger partial charge in [-0.3, -0.25) is 0 Å². The molecule has 3 aromatic rings. The van der Waals surface area contributed by atoms with Crippen LogP contribution in [0.2, 0.25) is 0 Å². The Bertz CT molecular complexity index is 979. The number of rotatable bonds is 10. The van der Waals surface area contributed by atoms with Gasteiger partial charge in [0.2, 0.25) is 0 Å². The van der Waals surface area contributed by atoms with E-state index in [4.69, 9.17) is 9.15 Å². The predicted octanol–water partition coefficient (Wildman–Crippen LogP) is 5.63. The number of halogens is 1. The lowest BCUT2D eigenvalue weighted by molar-refractivity contribution is -0.0300. The Kier molecular flexibility index (Phi) is 6.63. The summed E-state index contributed by atoms with van der Waals surface area (Å²) in [4.78, 5) is 0. The summed E-state index contributed by atoms with van der Waals surface area (Å²) >= 11 is 3.36. The van der Waals surface area contributed by atoms with Crippen molar-refractivity contribution in [3.63, 3.8) is 0 Å². The van der Waals surface area contributed by atoms with E-state index in [2.05, 4.69) is 77.6 Å². The third-order valence-corrected chi connectivity index (χ3v) is 6.10. The SMILES string of the molecule is CC(C)(Cc1ccc2ccccc2c1)NCC(O)COC(c1ccc(Br)o1)C1CC1. The van der Waals surface area contributed by atoms with E-state index in [1.807, 2.05) is 12.1 Å². The van der Waals surface area contributed by atoms with Crippen LogP contribution in [-0.4, -0.2) is 29.9 Å². The van der Waals surface area contributed by atoms with Crippen molar-refractivity contribution in [1.29, 1.82) is 0 Å². The highest BCUT2D eigenvalue weighted by molar-refractivity contribution is 9.10. The maximum absolute atomic E-state index is 10.5. The standard InChI is InChI=1S/C25H30BrNO3/c1-25(2,14-17-7-8-18-5-3-4-6-20(18)13-17)27-15-21(28)16-29-24(19-9-10-19)22-11-12-23(26)30-22/h3-8,11-13,19,21,24,27-28H,9-10,14-16H2,1-2H3. The van der Waals surface area contributed by atoms with E-state index < -0.39 is 6.10 Å². The van der Waals surface area contributed by atoms with Gasteiger partial charge in [-0.05, 0) is 83.4 Å².